The molecule has 0 fully saturated rings. The molecule has 22 heavy (non-hydrogen) atoms. The minimum Gasteiger partial charge on any atom is -0.333 e. The predicted molar refractivity (Wildman–Crippen MR) is 84.4 cm³/mol. The Kier molecular flexibility index (Phi) is 3.19. The minimum atomic E-state index is 0.541. The van der Waals surface area contributed by atoms with E-state index in [0.29, 0.717) is 11.7 Å². The highest BCUT2D eigenvalue weighted by Crippen LogP contribution is 2.26. The Morgan fingerprint density at radius 3 is 3.05 bits per heavy atom. The fraction of sp³-hybridized carbons (Fsp3) is 0.200. The van der Waals surface area contributed by atoms with Crippen LogP contribution in [0, 0.1) is 0 Å². The van der Waals surface area contributed by atoms with Crippen LogP contribution in [0.25, 0.3) is 33.2 Å². The van der Waals surface area contributed by atoms with Crippen molar-refractivity contribution in [3.05, 3.63) is 35.7 Å². The van der Waals surface area contributed by atoms with Crippen LogP contribution in [0.3, 0.4) is 0 Å². The number of aryl methyl sites for hydroxylation is 1. The van der Waals surface area contributed by atoms with Gasteiger partial charge in [0.25, 0.3) is 5.89 Å². The average Bonchev–Trinajstić information content (AvgIpc) is 3.27. The first kappa shape index (κ1) is 13.1. The smallest absolute Gasteiger partial charge is 0.268 e. The van der Waals surface area contributed by atoms with Gasteiger partial charge in [-0.05, 0) is 36.1 Å². The van der Waals surface area contributed by atoms with E-state index < -0.39 is 0 Å². The molecular weight excluding hydrogens is 298 g/mol. The van der Waals surface area contributed by atoms with Gasteiger partial charge in [0.15, 0.2) is 0 Å². The summed E-state index contributed by atoms with van der Waals surface area (Å²) in [6, 6.07) is 9.84. The zero-order valence-corrected chi connectivity index (χ0v) is 12.7. The summed E-state index contributed by atoms with van der Waals surface area (Å²) in [4.78, 5) is 5.42. The molecule has 0 spiro atoms. The van der Waals surface area contributed by atoms with Crippen molar-refractivity contribution in [1.82, 2.24) is 25.1 Å². The van der Waals surface area contributed by atoms with Crippen molar-refractivity contribution in [3.8, 4) is 22.2 Å². The lowest BCUT2D eigenvalue weighted by Crippen LogP contribution is -1.98. The summed E-state index contributed by atoms with van der Waals surface area (Å²) < 4.78 is 7.24. The monoisotopic (exact) mass is 311 g/mol. The summed E-state index contributed by atoms with van der Waals surface area (Å²) in [5.74, 6) is 1.11. The Morgan fingerprint density at radius 2 is 2.23 bits per heavy atom. The molecule has 0 aliphatic rings. The van der Waals surface area contributed by atoms with Gasteiger partial charge in [0.05, 0.1) is 10.4 Å². The van der Waals surface area contributed by atoms with Gasteiger partial charge in [0, 0.05) is 12.1 Å². The fourth-order valence-corrected chi connectivity index (χ4v) is 2.97. The molecule has 0 atom stereocenters. The molecule has 7 heteroatoms. The van der Waals surface area contributed by atoms with Crippen LogP contribution < -0.4 is 0 Å². The fourth-order valence-electron chi connectivity index (χ4n) is 2.33. The third kappa shape index (κ3) is 2.19. The Bertz CT molecular complexity index is 909. The molecule has 0 saturated carbocycles. The second kappa shape index (κ2) is 5.34. The highest BCUT2D eigenvalue weighted by molar-refractivity contribution is 7.13. The highest BCUT2D eigenvalue weighted by atomic mass is 32.1. The minimum absolute atomic E-state index is 0.541. The van der Waals surface area contributed by atoms with Gasteiger partial charge in [-0.3, -0.25) is 0 Å². The van der Waals surface area contributed by atoms with Crippen molar-refractivity contribution in [2.24, 2.45) is 0 Å². The van der Waals surface area contributed by atoms with Crippen LogP contribution >= 0.6 is 11.3 Å². The van der Waals surface area contributed by atoms with Gasteiger partial charge in [0.2, 0.25) is 5.82 Å². The van der Waals surface area contributed by atoms with Crippen LogP contribution in [0.5, 0.6) is 0 Å². The highest BCUT2D eigenvalue weighted by Gasteiger charge is 2.13. The molecule has 3 aromatic heterocycles. The van der Waals surface area contributed by atoms with Crippen LogP contribution in [0.15, 0.2) is 40.2 Å². The first-order chi connectivity index (χ1) is 10.8. The molecule has 0 amide bonds. The molecule has 0 bridgehead atoms. The van der Waals surface area contributed by atoms with Gasteiger partial charge in [-0.2, -0.15) is 4.98 Å². The summed E-state index contributed by atoms with van der Waals surface area (Å²) in [6.45, 7) is 2.98. The number of hydrogen-bond acceptors (Lipinski definition) is 6. The van der Waals surface area contributed by atoms with Gasteiger partial charge in [-0.15, -0.1) is 16.4 Å². The maximum Gasteiger partial charge on any atom is 0.268 e. The Labute approximate surface area is 130 Å². The van der Waals surface area contributed by atoms with E-state index >= 15 is 0 Å². The first-order valence-electron chi connectivity index (χ1n) is 7.06. The molecule has 0 saturated heterocycles. The van der Waals surface area contributed by atoms with Crippen LogP contribution in [0.4, 0.5) is 0 Å². The van der Waals surface area contributed by atoms with Crippen LogP contribution in [-0.4, -0.2) is 25.1 Å². The third-order valence-corrected chi connectivity index (χ3v) is 4.22. The topological polar surface area (TPSA) is 69.6 Å². The SMILES string of the molecule is CCCn1nnc2cc(-c3noc(-c4cccs4)n3)ccc21. The zero-order chi connectivity index (χ0) is 14.9. The van der Waals surface area contributed by atoms with Crippen molar-refractivity contribution < 1.29 is 4.52 Å². The Hall–Kier alpha value is -2.54. The van der Waals surface area contributed by atoms with E-state index in [4.69, 9.17) is 4.52 Å². The number of hydrogen-bond donors (Lipinski definition) is 0. The average molecular weight is 311 g/mol. The van der Waals surface area contributed by atoms with Crippen molar-refractivity contribution in [3.63, 3.8) is 0 Å². The summed E-state index contributed by atoms with van der Waals surface area (Å²) >= 11 is 1.57. The standard InChI is InChI=1S/C15H13N5OS/c1-2-7-20-12-6-5-10(9-11(12)17-19-20)14-16-15(21-18-14)13-4-3-8-22-13/h3-6,8-9H,2,7H2,1H3. The van der Waals surface area contributed by atoms with Crippen molar-refractivity contribution in [1.29, 1.82) is 0 Å². The quantitative estimate of drug-likeness (QED) is 0.575. The molecule has 110 valence electrons. The molecule has 1 aromatic carbocycles. The second-order valence-corrected chi connectivity index (χ2v) is 5.86. The summed E-state index contributed by atoms with van der Waals surface area (Å²) in [5.41, 5.74) is 2.74. The summed E-state index contributed by atoms with van der Waals surface area (Å²) in [7, 11) is 0. The van der Waals surface area contributed by atoms with Crippen molar-refractivity contribution in [2.45, 2.75) is 19.9 Å². The Balaban J connectivity index is 1.72. The van der Waals surface area contributed by atoms with Crippen molar-refractivity contribution in [2.75, 3.05) is 0 Å². The number of fused-ring (bicyclic) bond motifs is 1. The molecule has 0 unspecified atom stereocenters. The van der Waals surface area contributed by atoms with E-state index in [1.165, 1.54) is 0 Å². The van der Waals surface area contributed by atoms with E-state index in [1.54, 1.807) is 11.3 Å². The molecule has 0 aliphatic carbocycles. The van der Waals surface area contributed by atoms with Crippen LogP contribution in [0.2, 0.25) is 0 Å². The van der Waals surface area contributed by atoms with Crippen LogP contribution in [-0.2, 0) is 6.54 Å². The van der Waals surface area contributed by atoms with Crippen molar-refractivity contribution >= 4 is 22.4 Å². The van der Waals surface area contributed by atoms with E-state index in [-0.39, 0.29) is 0 Å². The number of aromatic nitrogens is 5. The lowest BCUT2D eigenvalue weighted by atomic mass is 10.2. The second-order valence-electron chi connectivity index (χ2n) is 4.92. The molecule has 4 rings (SSSR count). The van der Waals surface area contributed by atoms with Crippen LogP contribution in [0.1, 0.15) is 13.3 Å². The first-order valence-corrected chi connectivity index (χ1v) is 7.94. The maximum absolute atomic E-state index is 5.33. The molecule has 0 N–H and O–H groups in total. The van der Waals surface area contributed by atoms with E-state index in [9.17, 15) is 0 Å². The lowest BCUT2D eigenvalue weighted by Gasteiger charge is -1.99. The van der Waals surface area contributed by atoms with Gasteiger partial charge < -0.3 is 4.52 Å². The number of thiophene rings is 1. The number of benzene rings is 1. The van der Waals surface area contributed by atoms with Gasteiger partial charge in [0.1, 0.15) is 5.52 Å². The van der Waals surface area contributed by atoms with Gasteiger partial charge in [-0.25, -0.2) is 4.68 Å². The molecular formula is C15H13N5OS. The molecule has 0 radical (unpaired) electrons. The summed E-state index contributed by atoms with van der Waals surface area (Å²) in [5, 5.41) is 14.4. The molecule has 0 aliphatic heterocycles. The van der Waals surface area contributed by atoms with E-state index in [1.807, 2.05) is 40.4 Å². The van der Waals surface area contributed by atoms with E-state index in [0.717, 1.165) is 34.4 Å². The normalized spacial score (nSPS) is 11.3. The Morgan fingerprint density at radius 1 is 1.27 bits per heavy atom. The largest absolute Gasteiger partial charge is 0.333 e. The van der Waals surface area contributed by atoms with Gasteiger partial charge in [-0.1, -0.05) is 23.4 Å². The number of nitrogens with zero attached hydrogens (tertiary/aromatic N) is 5. The van der Waals surface area contributed by atoms with E-state index in [2.05, 4.69) is 27.4 Å². The molecule has 4 aromatic rings. The zero-order valence-electron chi connectivity index (χ0n) is 11.9. The number of rotatable bonds is 4. The lowest BCUT2D eigenvalue weighted by molar-refractivity contribution is 0.433. The third-order valence-electron chi connectivity index (χ3n) is 3.37. The van der Waals surface area contributed by atoms with Gasteiger partial charge >= 0.3 is 0 Å². The molecule has 3 heterocycles. The predicted octanol–water partition coefficient (Wildman–Crippen LogP) is 3.62. The maximum atomic E-state index is 5.33. The summed E-state index contributed by atoms with van der Waals surface area (Å²) in [6.07, 6.45) is 1.02. The molecule has 6 nitrogen and oxygen atoms in total.